The van der Waals surface area contributed by atoms with Gasteiger partial charge >= 0.3 is 0 Å². The first kappa shape index (κ1) is 19.5. The van der Waals surface area contributed by atoms with Gasteiger partial charge in [0.2, 0.25) is 5.91 Å². The van der Waals surface area contributed by atoms with Gasteiger partial charge in [0.05, 0.1) is 18.4 Å². The first-order valence-electron chi connectivity index (χ1n) is 9.92. The minimum Gasteiger partial charge on any atom is -0.379 e. The summed E-state index contributed by atoms with van der Waals surface area (Å²) in [6.07, 6.45) is 7.96. The second kappa shape index (κ2) is 9.15. The molecule has 1 aliphatic heterocycles. The van der Waals surface area contributed by atoms with Gasteiger partial charge in [0, 0.05) is 37.8 Å². The molecular weight excluding hydrogens is 374 g/mol. The highest BCUT2D eigenvalue weighted by molar-refractivity contribution is 5.92. The Labute approximate surface area is 168 Å². The minimum absolute atomic E-state index is 0.00651. The van der Waals surface area contributed by atoms with Gasteiger partial charge < -0.3 is 20.1 Å². The maximum atomic E-state index is 12.5. The molecule has 2 atom stereocenters. The molecule has 0 spiro atoms. The number of amides is 2. The summed E-state index contributed by atoms with van der Waals surface area (Å²) >= 11 is 0. The van der Waals surface area contributed by atoms with E-state index in [2.05, 4.69) is 20.7 Å². The van der Waals surface area contributed by atoms with Crippen molar-refractivity contribution < 1.29 is 19.1 Å². The van der Waals surface area contributed by atoms with Crippen LogP contribution in [0, 0.1) is 5.92 Å². The average molecular weight is 399 g/mol. The molecule has 2 aromatic heterocycles. The van der Waals surface area contributed by atoms with E-state index in [1.807, 2.05) is 6.07 Å². The van der Waals surface area contributed by atoms with Crippen molar-refractivity contribution in [3.8, 4) is 5.69 Å². The molecule has 2 unspecified atom stereocenters. The number of pyridine rings is 1. The number of nitrogens with one attached hydrogen (secondary N) is 2. The lowest BCUT2D eigenvalue weighted by atomic mass is 10.1. The smallest absolute Gasteiger partial charge is 0.270 e. The Kier molecular flexibility index (Phi) is 6.16. The molecule has 2 amide bonds. The van der Waals surface area contributed by atoms with Crippen molar-refractivity contribution in [2.24, 2.45) is 5.92 Å². The van der Waals surface area contributed by atoms with Crippen molar-refractivity contribution in [2.75, 3.05) is 26.4 Å². The van der Waals surface area contributed by atoms with Gasteiger partial charge in [0.1, 0.15) is 12.3 Å². The van der Waals surface area contributed by atoms with Gasteiger partial charge in [-0.3, -0.25) is 14.6 Å². The van der Waals surface area contributed by atoms with E-state index in [9.17, 15) is 9.59 Å². The van der Waals surface area contributed by atoms with Crippen LogP contribution in [0.4, 0.5) is 0 Å². The third-order valence-electron chi connectivity index (χ3n) is 5.10. The molecule has 1 aliphatic carbocycles. The van der Waals surface area contributed by atoms with Crippen LogP contribution in [-0.2, 0) is 14.3 Å². The Morgan fingerprint density at radius 1 is 1.31 bits per heavy atom. The number of rotatable bonds is 9. The van der Waals surface area contributed by atoms with Crippen LogP contribution >= 0.6 is 0 Å². The van der Waals surface area contributed by atoms with Crippen molar-refractivity contribution in [3.05, 3.63) is 42.5 Å². The van der Waals surface area contributed by atoms with E-state index in [1.165, 1.54) is 0 Å². The Morgan fingerprint density at radius 3 is 2.93 bits per heavy atom. The predicted molar refractivity (Wildman–Crippen MR) is 104 cm³/mol. The Bertz CT molecular complexity index is 831. The lowest BCUT2D eigenvalue weighted by molar-refractivity contribution is -0.128. The molecule has 1 saturated carbocycles. The van der Waals surface area contributed by atoms with Crippen LogP contribution in [0.3, 0.4) is 0 Å². The van der Waals surface area contributed by atoms with Gasteiger partial charge in [-0.25, -0.2) is 4.68 Å². The standard InChI is InChI=1S/C20H25N5O4/c26-19(13-29-16-5-9-28-12-16)24-18(14-2-3-14)11-22-20(27)17-10-15(4-7-21-17)25-8-1-6-23-25/h1,4,6-8,10,14,16,18H,2-3,5,9,11-13H2,(H,22,27)(H,24,26). The van der Waals surface area contributed by atoms with Crippen LogP contribution in [0.15, 0.2) is 36.8 Å². The van der Waals surface area contributed by atoms with Gasteiger partial charge in [0.15, 0.2) is 0 Å². The fourth-order valence-electron chi connectivity index (χ4n) is 3.32. The molecule has 0 radical (unpaired) electrons. The molecule has 2 N–H and O–H groups in total. The number of hydrogen-bond acceptors (Lipinski definition) is 6. The summed E-state index contributed by atoms with van der Waals surface area (Å²) in [6, 6.07) is 5.17. The van der Waals surface area contributed by atoms with Crippen LogP contribution in [0.1, 0.15) is 29.8 Å². The Balaban J connectivity index is 1.28. The van der Waals surface area contributed by atoms with E-state index in [1.54, 1.807) is 35.4 Å². The first-order valence-corrected chi connectivity index (χ1v) is 9.92. The van der Waals surface area contributed by atoms with Gasteiger partial charge in [-0.1, -0.05) is 0 Å². The maximum absolute atomic E-state index is 12.5. The molecule has 0 bridgehead atoms. The van der Waals surface area contributed by atoms with Crippen LogP contribution < -0.4 is 10.6 Å². The molecule has 4 rings (SSSR count). The fourth-order valence-corrected chi connectivity index (χ4v) is 3.32. The normalized spacial score (nSPS) is 19.7. The third kappa shape index (κ3) is 5.39. The molecule has 9 heteroatoms. The topological polar surface area (TPSA) is 107 Å². The number of aromatic nitrogens is 3. The average Bonchev–Trinajstić information content (AvgIpc) is 3.20. The lowest BCUT2D eigenvalue weighted by Gasteiger charge is -2.19. The molecule has 9 nitrogen and oxygen atoms in total. The Hall–Kier alpha value is -2.78. The number of carbonyl (C=O) groups excluding carboxylic acids is 2. The quantitative estimate of drug-likeness (QED) is 0.643. The van der Waals surface area contributed by atoms with Crippen molar-refractivity contribution in [2.45, 2.75) is 31.4 Å². The fraction of sp³-hybridized carbons (Fsp3) is 0.500. The van der Waals surface area contributed by atoms with Gasteiger partial charge in [0.25, 0.3) is 5.91 Å². The van der Waals surface area contributed by atoms with E-state index in [4.69, 9.17) is 9.47 Å². The Morgan fingerprint density at radius 2 is 2.21 bits per heavy atom. The summed E-state index contributed by atoms with van der Waals surface area (Å²) in [7, 11) is 0. The van der Waals surface area contributed by atoms with Crippen LogP contribution in [0.25, 0.3) is 5.69 Å². The van der Waals surface area contributed by atoms with Crippen molar-refractivity contribution in [3.63, 3.8) is 0 Å². The number of hydrogen-bond donors (Lipinski definition) is 2. The monoisotopic (exact) mass is 399 g/mol. The van der Waals surface area contributed by atoms with E-state index in [0.717, 1.165) is 24.9 Å². The van der Waals surface area contributed by atoms with Crippen LogP contribution in [0.2, 0.25) is 0 Å². The van der Waals surface area contributed by atoms with E-state index >= 15 is 0 Å². The summed E-state index contributed by atoms with van der Waals surface area (Å²) < 4.78 is 12.5. The van der Waals surface area contributed by atoms with E-state index in [0.29, 0.717) is 31.4 Å². The highest BCUT2D eigenvalue weighted by Crippen LogP contribution is 2.32. The minimum atomic E-state index is -0.279. The van der Waals surface area contributed by atoms with Crippen molar-refractivity contribution >= 4 is 11.8 Å². The maximum Gasteiger partial charge on any atom is 0.270 e. The highest BCUT2D eigenvalue weighted by atomic mass is 16.5. The largest absolute Gasteiger partial charge is 0.379 e. The lowest BCUT2D eigenvalue weighted by Crippen LogP contribution is -2.46. The van der Waals surface area contributed by atoms with E-state index < -0.39 is 0 Å². The zero-order valence-corrected chi connectivity index (χ0v) is 16.1. The van der Waals surface area contributed by atoms with Crippen molar-refractivity contribution in [1.82, 2.24) is 25.4 Å². The molecule has 2 aromatic rings. The molecule has 2 fully saturated rings. The molecule has 3 heterocycles. The third-order valence-corrected chi connectivity index (χ3v) is 5.10. The molecule has 1 saturated heterocycles. The number of carbonyl (C=O) groups is 2. The SMILES string of the molecule is O=C(COC1CCOC1)NC(CNC(=O)c1cc(-n2cccn2)ccn1)C1CC1. The van der Waals surface area contributed by atoms with Gasteiger partial charge in [-0.15, -0.1) is 0 Å². The van der Waals surface area contributed by atoms with E-state index in [-0.39, 0.29) is 30.6 Å². The summed E-state index contributed by atoms with van der Waals surface area (Å²) in [5.41, 5.74) is 1.07. The molecular formula is C20H25N5O4. The molecule has 2 aliphatic rings. The van der Waals surface area contributed by atoms with Crippen molar-refractivity contribution in [1.29, 1.82) is 0 Å². The molecule has 29 heavy (non-hydrogen) atoms. The summed E-state index contributed by atoms with van der Waals surface area (Å²) in [6.45, 7) is 1.59. The second-order valence-electron chi connectivity index (χ2n) is 7.37. The first-order chi connectivity index (χ1) is 14.2. The molecule has 0 aromatic carbocycles. The number of ether oxygens (including phenoxy) is 2. The van der Waals surface area contributed by atoms with Crippen LogP contribution in [-0.4, -0.2) is 65.1 Å². The zero-order valence-electron chi connectivity index (χ0n) is 16.1. The zero-order chi connectivity index (χ0) is 20.1. The highest BCUT2D eigenvalue weighted by Gasteiger charge is 2.32. The molecule has 154 valence electrons. The summed E-state index contributed by atoms with van der Waals surface area (Å²) in [5, 5.41) is 10.0. The predicted octanol–water partition coefficient (Wildman–Crippen LogP) is 0.697. The van der Waals surface area contributed by atoms with Gasteiger partial charge in [-0.05, 0) is 43.4 Å². The summed E-state index contributed by atoms with van der Waals surface area (Å²) in [4.78, 5) is 28.9. The van der Waals surface area contributed by atoms with Crippen LogP contribution in [0.5, 0.6) is 0 Å². The number of nitrogens with zero attached hydrogens (tertiary/aromatic N) is 3. The summed E-state index contributed by atoms with van der Waals surface area (Å²) in [5.74, 6) is -0.0578. The van der Waals surface area contributed by atoms with Gasteiger partial charge in [-0.2, -0.15) is 5.10 Å². The second-order valence-corrected chi connectivity index (χ2v) is 7.37.